The molecule has 0 saturated carbocycles. The molecule has 0 spiro atoms. The molecular weight excluding hydrogens is 288 g/mol. The summed E-state index contributed by atoms with van der Waals surface area (Å²) in [6, 6.07) is 10.2. The van der Waals surface area contributed by atoms with Crippen LogP contribution < -0.4 is 5.73 Å². The first-order valence-electron chi connectivity index (χ1n) is 7.31. The Bertz CT molecular complexity index is 428. The second kappa shape index (κ2) is 9.03. The van der Waals surface area contributed by atoms with Gasteiger partial charge < -0.3 is 15.4 Å². The van der Waals surface area contributed by atoms with Gasteiger partial charge in [-0.1, -0.05) is 37.3 Å². The van der Waals surface area contributed by atoms with Crippen LogP contribution >= 0.6 is 12.4 Å². The number of carbonyl (C=O) groups excluding carboxylic acids is 1. The number of halogens is 1. The number of nitrogens with two attached hydrogens (primary N) is 1. The fraction of sp³-hybridized carbons (Fsp3) is 0.562. The summed E-state index contributed by atoms with van der Waals surface area (Å²) < 4.78 is 5.76. The molecule has 0 bridgehead atoms. The first-order valence-corrected chi connectivity index (χ1v) is 7.31. The van der Waals surface area contributed by atoms with E-state index in [1.807, 2.05) is 30.0 Å². The number of likely N-dealkylation sites (tertiary alicyclic amines) is 1. The van der Waals surface area contributed by atoms with E-state index in [9.17, 15) is 4.79 Å². The molecular formula is C16H25ClN2O2. The van der Waals surface area contributed by atoms with Gasteiger partial charge in [-0.25, -0.2) is 0 Å². The molecule has 1 amide bonds. The van der Waals surface area contributed by atoms with Crippen molar-refractivity contribution in [2.24, 2.45) is 17.6 Å². The van der Waals surface area contributed by atoms with Gasteiger partial charge in [-0.05, 0) is 12.0 Å². The van der Waals surface area contributed by atoms with Crippen molar-refractivity contribution in [2.75, 3.05) is 26.2 Å². The van der Waals surface area contributed by atoms with Gasteiger partial charge in [-0.15, -0.1) is 12.4 Å². The highest BCUT2D eigenvalue weighted by Gasteiger charge is 2.28. The average Bonchev–Trinajstić information content (AvgIpc) is 2.95. The molecule has 1 aromatic rings. The predicted octanol–water partition coefficient (Wildman–Crippen LogP) is 2.07. The summed E-state index contributed by atoms with van der Waals surface area (Å²) in [5.41, 5.74) is 6.74. The van der Waals surface area contributed by atoms with Crippen LogP contribution in [0.5, 0.6) is 0 Å². The standard InChI is InChI=1S/C16H24N2O2.ClH/c1-13(9-17)16(19)18-8-7-15(10-18)12-20-11-14-5-3-2-4-6-14;/h2-6,13,15H,7-12,17H2,1H3;1H. The van der Waals surface area contributed by atoms with E-state index in [-0.39, 0.29) is 24.2 Å². The van der Waals surface area contributed by atoms with Gasteiger partial charge in [0, 0.05) is 31.5 Å². The zero-order chi connectivity index (χ0) is 14.4. The van der Waals surface area contributed by atoms with Crippen LogP contribution in [0, 0.1) is 11.8 Å². The predicted molar refractivity (Wildman–Crippen MR) is 86.3 cm³/mol. The number of rotatable bonds is 6. The summed E-state index contributed by atoms with van der Waals surface area (Å²) in [7, 11) is 0. The number of amides is 1. The molecule has 118 valence electrons. The minimum absolute atomic E-state index is 0. The molecule has 1 aliphatic rings. The third kappa shape index (κ3) is 5.30. The monoisotopic (exact) mass is 312 g/mol. The molecule has 2 rings (SSSR count). The van der Waals surface area contributed by atoms with Crippen LogP contribution in [0.4, 0.5) is 0 Å². The number of ether oxygens (including phenoxy) is 1. The smallest absolute Gasteiger partial charge is 0.226 e. The number of carbonyl (C=O) groups is 1. The van der Waals surface area contributed by atoms with E-state index in [0.717, 1.165) is 26.1 Å². The third-order valence-corrected chi connectivity index (χ3v) is 3.84. The number of hydrogen-bond donors (Lipinski definition) is 1. The van der Waals surface area contributed by atoms with Gasteiger partial charge in [0.1, 0.15) is 0 Å². The molecule has 1 aliphatic heterocycles. The normalized spacial score (nSPS) is 19.1. The van der Waals surface area contributed by atoms with Crippen LogP contribution in [0.2, 0.25) is 0 Å². The number of hydrogen-bond acceptors (Lipinski definition) is 3. The van der Waals surface area contributed by atoms with Crippen LogP contribution in [0.15, 0.2) is 30.3 Å². The van der Waals surface area contributed by atoms with E-state index in [2.05, 4.69) is 12.1 Å². The Hall–Kier alpha value is -1.10. The summed E-state index contributed by atoms with van der Waals surface area (Å²) >= 11 is 0. The molecule has 1 fully saturated rings. The molecule has 5 heteroatoms. The largest absolute Gasteiger partial charge is 0.376 e. The second-order valence-electron chi connectivity index (χ2n) is 5.58. The van der Waals surface area contributed by atoms with Crippen molar-refractivity contribution in [3.63, 3.8) is 0 Å². The van der Waals surface area contributed by atoms with Crippen LogP contribution in [0.25, 0.3) is 0 Å². The molecule has 0 aliphatic carbocycles. The first kappa shape index (κ1) is 18.0. The van der Waals surface area contributed by atoms with E-state index in [0.29, 0.717) is 19.1 Å². The lowest BCUT2D eigenvalue weighted by Gasteiger charge is -2.20. The summed E-state index contributed by atoms with van der Waals surface area (Å²) in [4.78, 5) is 13.9. The molecule has 1 aromatic carbocycles. The third-order valence-electron chi connectivity index (χ3n) is 3.84. The molecule has 2 N–H and O–H groups in total. The van der Waals surface area contributed by atoms with Crippen LogP contribution in [-0.4, -0.2) is 37.0 Å². The quantitative estimate of drug-likeness (QED) is 0.875. The van der Waals surface area contributed by atoms with Gasteiger partial charge in [0.25, 0.3) is 0 Å². The highest BCUT2D eigenvalue weighted by atomic mass is 35.5. The zero-order valence-corrected chi connectivity index (χ0v) is 13.3. The SMILES string of the molecule is CC(CN)C(=O)N1CCC(COCc2ccccc2)C1.Cl. The Kier molecular flexibility index (Phi) is 7.72. The molecule has 4 nitrogen and oxygen atoms in total. The Morgan fingerprint density at radius 1 is 1.43 bits per heavy atom. The van der Waals surface area contributed by atoms with Crippen molar-refractivity contribution in [1.29, 1.82) is 0 Å². The van der Waals surface area contributed by atoms with Crippen molar-refractivity contribution in [1.82, 2.24) is 4.90 Å². The number of benzene rings is 1. The molecule has 0 aromatic heterocycles. The van der Waals surface area contributed by atoms with Crippen molar-refractivity contribution in [2.45, 2.75) is 20.0 Å². The summed E-state index contributed by atoms with van der Waals surface area (Å²) in [5, 5.41) is 0. The van der Waals surface area contributed by atoms with Gasteiger partial charge in [0.15, 0.2) is 0 Å². The highest BCUT2D eigenvalue weighted by Crippen LogP contribution is 2.19. The van der Waals surface area contributed by atoms with Gasteiger partial charge in [0.2, 0.25) is 5.91 Å². The van der Waals surface area contributed by atoms with Crippen molar-refractivity contribution < 1.29 is 9.53 Å². The Morgan fingerprint density at radius 3 is 2.81 bits per heavy atom. The summed E-state index contributed by atoms with van der Waals surface area (Å²) in [6.45, 7) is 5.31. The molecule has 2 unspecified atom stereocenters. The van der Waals surface area contributed by atoms with Crippen LogP contribution in [0.1, 0.15) is 18.9 Å². The lowest BCUT2D eigenvalue weighted by molar-refractivity contribution is -0.133. The topological polar surface area (TPSA) is 55.6 Å². The van der Waals surface area contributed by atoms with Crippen molar-refractivity contribution in [3.8, 4) is 0 Å². The summed E-state index contributed by atoms with van der Waals surface area (Å²) in [6.07, 6.45) is 1.03. The Morgan fingerprint density at radius 2 is 2.14 bits per heavy atom. The van der Waals surface area contributed by atoms with Crippen LogP contribution in [0.3, 0.4) is 0 Å². The lowest BCUT2D eigenvalue weighted by Crippen LogP contribution is -2.36. The van der Waals surface area contributed by atoms with E-state index in [1.165, 1.54) is 5.56 Å². The average molecular weight is 313 g/mol. The van der Waals surface area contributed by atoms with E-state index in [4.69, 9.17) is 10.5 Å². The van der Waals surface area contributed by atoms with E-state index < -0.39 is 0 Å². The van der Waals surface area contributed by atoms with Crippen molar-refractivity contribution in [3.05, 3.63) is 35.9 Å². The maximum atomic E-state index is 12.0. The molecule has 2 atom stereocenters. The second-order valence-corrected chi connectivity index (χ2v) is 5.58. The van der Waals surface area contributed by atoms with Gasteiger partial charge in [0.05, 0.1) is 13.2 Å². The van der Waals surface area contributed by atoms with E-state index >= 15 is 0 Å². The molecule has 1 heterocycles. The Balaban J connectivity index is 0.00000220. The highest BCUT2D eigenvalue weighted by molar-refractivity contribution is 5.85. The lowest BCUT2D eigenvalue weighted by atomic mass is 10.1. The maximum absolute atomic E-state index is 12.0. The van der Waals surface area contributed by atoms with Crippen LogP contribution in [-0.2, 0) is 16.1 Å². The Labute approximate surface area is 133 Å². The summed E-state index contributed by atoms with van der Waals surface area (Å²) in [5.74, 6) is 0.560. The molecule has 0 radical (unpaired) electrons. The number of nitrogens with zero attached hydrogens (tertiary/aromatic N) is 1. The minimum atomic E-state index is -0.0704. The zero-order valence-electron chi connectivity index (χ0n) is 12.5. The molecule has 1 saturated heterocycles. The van der Waals surface area contributed by atoms with Gasteiger partial charge in [-0.3, -0.25) is 4.79 Å². The molecule has 21 heavy (non-hydrogen) atoms. The fourth-order valence-electron chi connectivity index (χ4n) is 2.50. The van der Waals surface area contributed by atoms with Crippen molar-refractivity contribution >= 4 is 18.3 Å². The van der Waals surface area contributed by atoms with Gasteiger partial charge >= 0.3 is 0 Å². The van der Waals surface area contributed by atoms with E-state index in [1.54, 1.807) is 0 Å². The minimum Gasteiger partial charge on any atom is -0.376 e. The first-order chi connectivity index (χ1) is 9.70. The maximum Gasteiger partial charge on any atom is 0.226 e. The van der Waals surface area contributed by atoms with Gasteiger partial charge in [-0.2, -0.15) is 0 Å². The fourth-order valence-corrected chi connectivity index (χ4v) is 2.50.